The number of anilines is 1. The summed E-state index contributed by atoms with van der Waals surface area (Å²) < 4.78 is 1.40. The van der Waals surface area contributed by atoms with Gasteiger partial charge in [0.1, 0.15) is 23.0 Å². The van der Waals surface area contributed by atoms with Crippen LogP contribution < -0.4 is 5.32 Å². The van der Waals surface area contributed by atoms with E-state index < -0.39 is 4.92 Å². The minimum atomic E-state index is -0.492. The molecule has 8 nitrogen and oxygen atoms in total. The summed E-state index contributed by atoms with van der Waals surface area (Å²) in [6, 6.07) is 2.21. The van der Waals surface area contributed by atoms with E-state index in [2.05, 4.69) is 16.5 Å². The number of aryl methyl sites for hydroxylation is 3. The molecule has 2 aromatic heterocycles. The Morgan fingerprint density at radius 2 is 2.28 bits per heavy atom. The Morgan fingerprint density at radius 1 is 1.52 bits per heavy atom. The van der Waals surface area contributed by atoms with E-state index in [1.54, 1.807) is 6.92 Å². The van der Waals surface area contributed by atoms with Crippen molar-refractivity contribution in [3.8, 4) is 6.07 Å². The summed E-state index contributed by atoms with van der Waals surface area (Å²) in [5, 5.41) is 27.7. The molecule has 2 aromatic rings. The zero-order chi connectivity index (χ0) is 18.0. The first-order valence-corrected chi connectivity index (χ1v) is 8.84. The van der Waals surface area contributed by atoms with E-state index in [9.17, 15) is 20.2 Å². The third-order valence-electron chi connectivity index (χ3n) is 4.22. The molecule has 1 N–H and O–H groups in total. The highest BCUT2D eigenvalue weighted by Gasteiger charge is 2.22. The summed E-state index contributed by atoms with van der Waals surface area (Å²) in [6.45, 7) is 1.80. The summed E-state index contributed by atoms with van der Waals surface area (Å²) in [5.74, 6) is -0.231. The van der Waals surface area contributed by atoms with Gasteiger partial charge < -0.3 is 5.32 Å². The summed E-state index contributed by atoms with van der Waals surface area (Å²) in [7, 11) is 0. The molecule has 2 heterocycles. The number of hydrogen-bond donors (Lipinski definition) is 1. The van der Waals surface area contributed by atoms with Gasteiger partial charge in [-0.2, -0.15) is 10.4 Å². The molecule has 0 unspecified atom stereocenters. The van der Waals surface area contributed by atoms with E-state index in [-0.39, 0.29) is 24.6 Å². The molecule has 1 aliphatic rings. The number of hydrogen-bond acceptors (Lipinski definition) is 6. The van der Waals surface area contributed by atoms with Crippen LogP contribution in [0.4, 0.5) is 10.7 Å². The number of nitrogens with zero attached hydrogens (tertiary/aromatic N) is 4. The lowest BCUT2D eigenvalue weighted by Crippen LogP contribution is -2.14. The molecule has 0 spiro atoms. The van der Waals surface area contributed by atoms with E-state index in [0.29, 0.717) is 16.3 Å². The topological polar surface area (TPSA) is 114 Å². The second-order valence-corrected chi connectivity index (χ2v) is 7.05. The highest BCUT2D eigenvalue weighted by atomic mass is 32.1. The number of fused-ring (bicyclic) bond motifs is 1. The molecule has 9 heteroatoms. The quantitative estimate of drug-likeness (QED) is 0.651. The normalized spacial score (nSPS) is 13.1. The molecule has 0 saturated heterocycles. The minimum absolute atomic E-state index is 0.0573. The number of nitrogens with one attached hydrogen (secondary N) is 1. The van der Waals surface area contributed by atoms with Crippen LogP contribution in [-0.2, 0) is 24.2 Å². The molecule has 1 aliphatic carbocycles. The molecule has 0 fully saturated rings. The average molecular weight is 359 g/mol. The highest BCUT2D eigenvalue weighted by molar-refractivity contribution is 7.16. The van der Waals surface area contributed by atoms with Gasteiger partial charge in [-0.15, -0.1) is 11.3 Å². The largest absolute Gasteiger partial charge is 0.317 e. The second-order valence-electron chi connectivity index (χ2n) is 5.94. The summed E-state index contributed by atoms with van der Waals surface area (Å²) in [4.78, 5) is 23.7. The maximum Gasteiger partial charge on any atom is 0.309 e. The van der Waals surface area contributed by atoms with Crippen LogP contribution in [0.3, 0.4) is 0 Å². The molecular weight excluding hydrogens is 342 g/mol. The third kappa shape index (κ3) is 3.53. The van der Waals surface area contributed by atoms with Gasteiger partial charge in [0.15, 0.2) is 0 Å². The van der Waals surface area contributed by atoms with Crippen LogP contribution in [0.1, 0.15) is 41.0 Å². The molecule has 3 rings (SSSR count). The van der Waals surface area contributed by atoms with E-state index in [1.807, 2.05) is 0 Å². The molecule has 0 saturated carbocycles. The molecule has 0 aromatic carbocycles. The minimum Gasteiger partial charge on any atom is -0.317 e. The predicted octanol–water partition coefficient (Wildman–Crippen LogP) is 2.94. The first-order chi connectivity index (χ1) is 12.0. The van der Waals surface area contributed by atoms with E-state index in [0.717, 1.165) is 31.2 Å². The van der Waals surface area contributed by atoms with Crippen molar-refractivity contribution in [1.82, 2.24) is 9.78 Å². The van der Waals surface area contributed by atoms with Crippen LogP contribution in [0.15, 0.2) is 6.20 Å². The Bertz CT molecular complexity index is 877. The van der Waals surface area contributed by atoms with E-state index in [1.165, 1.54) is 27.1 Å². The van der Waals surface area contributed by atoms with Crippen molar-refractivity contribution in [2.45, 2.75) is 45.6 Å². The van der Waals surface area contributed by atoms with Crippen molar-refractivity contribution < 1.29 is 9.72 Å². The Morgan fingerprint density at radius 3 is 2.96 bits per heavy atom. The maximum atomic E-state index is 12.2. The van der Waals surface area contributed by atoms with Crippen LogP contribution in [-0.4, -0.2) is 20.6 Å². The maximum absolute atomic E-state index is 12.2. The van der Waals surface area contributed by atoms with Gasteiger partial charge in [-0.05, 0) is 38.2 Å². The molecule has 0 bridgehead atoms. The Kier molecular flexibility index (Phi) is 4.81. The van der Waals surface area contributed by atoms with Gasteiger partial charge >= 0.3 is 5.69 Å². The van der Waals surface area contributed by atoms with Crippen LogP contribution in [0.25, 0.3) is 0 Å². The molecular formula is C16H17N5O3S. The van der Waals surface area contributed by atoms with Gasteiger partial charge in [-0.3, -0.25) is 19.6 Å². The van der Waals surface area contributed by atoms with Crippen LogP contribution in [0.5, 0.6) is 0 Å². The lowest BCUT2D eigenvalue weighted by atomic mass is 9.96. The van der Waals surface area contributed by atoms with Crippen molar-refractivity contribution >= 4 is 27.9 Å². The second kappa shape index (κ2) is 7.03. The average Bonchev–Trinajstić information content (AvgIpc) is 3.12. The Hall–Kier alpha value is -2.73. The summed E-state index contributed by atoms with van der Waals surface area (Å²) >= 11 is 1.48. The van der Waals surface area contributed by atoms with E-state index >= 15 is 0 Å². The van der Waals surface area contributed by atoms with Crippen molar-refractivity contribution in [1.29, 1.82) is 5.26 Å². The first kappa shape index (κ1) is 17.1. The molecule has 1 amide bonds. The number of carbonyl (C=O) groups excluding carboxylic acids is 1. The standard InChI is InChI=1S/C16H17N5O3S/c1-10-13(21(23)24)9-20(19-10)7-6-15(22)18-16-12(8-17)11-4-2-3-5-14(11)25-16/h9H,2-7H2,1H3,(H,18,22). The fourth-order valence-electron chi connectivity index (χ4n) is 2.98. The van der Waals surface area contributed by atoms with Crippen LogP contribution in [0.2, 0.25) is 0 Å². The zero-order valence-electron chi connectivity index (χ0n) is 13.7. The number of amides is 1. The number of carbonyl (C=O) groups is 1. The highest BCUT2D eigenvalue weighted by Crippen LogP contribution is 2.37. The van der Waals surface area contributed by atoms with E-state index in [4.69, 9.17) is 0 Å². The van der Waals surface area contributed by atoms with Gasteiger partial charge in [0.2, 0.25) is 5.91 Å². The zero-order valence-corrected chi connectivity index (χ0v) is 14.6. The number of rotatable bonds is 5. The predicted molar refractivity (Wildman–Crippen MR) is 92.5 cm³/mol. The first-order valence-electron chi connectivity index (χ1n) is 8.02. The molecule has 130 valence electrons. The van der Waals surface area contributed by atoms with Crippen molar-refractivity contribution in [3.05, 3.63) is 38.0 Å². The lowest BCUT2D eigenvalue weighted by Gasteiger charge is -2.09. The van der Waals surface area contributed by atoms with Crippen LogP contribution in [0, 0.1) is 28.4 Å². The SMILES string of the molecule is Cc1nn(CCC(=O)Nc2sc3c(c2C#N)CCCC3)cc1[N+](=O)[O-]. The summed E-state index contributed by atoms with van der Waals surface area (Å²) in [5.41, 5.74) is 1.92. The third-order valence-corrected chi connectivity index (χ3v) is 5.43. The molecule has 25 heavy (non-hydrogen) atoms. The Balaban J connectivity index is 1.65. The number of nitro groups is 1. The van der Waals surface area contributed by atoms with Gasteiger partial charge in [0.05, 0.1) is 10.5 Å². The monoisotopic (exact) mass is 359 g/mol. The molecule has 0 aliphatic heterocycles. The van der Waals surface area contributed by atoms with Gasteiger partial charge in [-0.1, -0.05) is 0 Å². The van der Waals surface area contributed by atoms with Gasteiger partial charge in [0, 0.05) is 17.8 Å². The van der Waals surface area contributed by atoms with Crippen molar-refractivity contribution in [2.24, 2.45) is 0 Å². The van der Waals surface area contributed by atoms with Gasteiger partial charge in [0.25, 0.3) is 0 Å². The smallest absolute Gasteiger partial charge is 0.309 e. The van der Waals surface area contributed by atoms with Crippen LogP contribution >= 0.6 is 11.3 Å². The summed E-state index contributed by atoms with van der Waals surface area (Å²) in [6.07, 6.45) is 5.49. The van der Waals surface area contributed by atoms with Gasteiger partial charge in [-0.25, -0.2) is 0 Å². The fraction of sp³-hybridized carbons (Fsp3) is 0.438. The number of thiophene rings is 1. The molecule has 0 atom stereocenters. The van der Waals surface area contributed by atoms with Crippen molar-refractivity contribution in [3.63, 3.8) is 0 Å². The number of aromatic nitrogens is 2. The number of nitriles is 1. The lowest BCUT2D eigenvalue weighted by molar-refractivity contribution is -0.385. The van der Waals surface area contributed by atoms with Crippen molar-refractivity contribution in [2.75, 3.05) is 5.32 Å². The fourth-order valence-corrected chi connectivity index (χ4v) is 4.23. The molecule has 0 radical (unpaired) electrons. The Labute approximate surface area is 148 Å².